The molecule has 34 heavy (non-hydrogen) atoms. The van der Waals surface area contributed by atoms with E-state index in [1.165, 1.54) is 6.07 Å². The maximum atomic E-state index is 14.4. The van der Waals surface area contributed by atoms with Crippen LogP contribution in [-0.4, -0.2) is 28.3 Å². The largest absolute Gasteiger partial charge is 0.350 e. The van der Waals surface area contributed by atoms with Crippen molar-refractivity contribution in [3.05, 3.63) is 106 Å². The molecule has 178 valence electrons. The summed E-state index contributed by atoms with van der Waals surface area (Å²) < 4.78 is 15.3. The van der Waals surface area contributed by atoms with Gasteiger partial charge in [-0.25, -0.2) is 4.39 Å². The van der Waals surface area contributed by atoms with Gasteiger partial charge in [0.1, 0.15) is 11.9 Å². The summed E-state index contributed by atoms with van der Waals surface area (Å²) in [6.45, 7) is 5.95. The van der Waals surface area contributed by atoms with E-state index < -0.39 is 17.4 Å². The molecule has 3 aromatic carbocycles. The van der Waals surface area contributed by atoms with Gasteiger partial charge in [0.15, 0.2) is 0 Å². The molecule has 6 heteroatoms. The highest BCUT2D eigenvalue weighted by atomic mass is 79.9. The standard InChI is InChI=1S/C28H30BrFN2O2/c1-28(2,3)31-27(34)25(17-20-9-5-4-6-10-20)32(19-21-13-15-23(29)16-14-21)26(33)18-22-11-7-8-12-24(22)30/h4-16,25H,17-19H2,1-3H3,(H,31,34)/t25-/m1/s1. The summed E-state index contributed by atoms with van der Waals surface area (Å²) in [4.78, 5) is 28.7. The van der Waals surface area contributed by atoms with Crippen molar-refractivity contribution in [1.82, 2.24) is 10.2 Å². The molecular formula is C28H30BrFN2O2. The molecule has 1 atom stereocenters. The molecule has 2 amide bonds. The van der Waals surface area contributed by atoms with Gasteiger partial charge in [-0.2, -0.15) is 0 Å². The molecule has 0 aliphatic heterocycles. The molecule has 3 aromatic rings. The minimum absolute atomic E-state index is 0.128. The van der Waals surface area contributed by atoms with Gasteiger partial charge in [0, 0.05) is 23.0 Å². The van der Waals surface area contributed by atoms with Gasteiger partial charge in [-0.1, -0.05) is 76.6 Å². The summed E-state index contributed by atoms with van der Waals surface area (Å²) in [5.41, 5.74) is 1.66. The molecule has 0 saturated heterocycles. The van der Waals surface area contributed by atoms with Crippen LogP contribution in [-0.2, 0) is 29.0 Å². The number of halogens is 2. The number of hydrogen-bond acceptors (Lipinski definition) is 2. The SMILES string of the molecule is CC(C)(C)NC(=O)[C@@H](Cc1ccccc1)N(Cc1ccc(Br)cc1)C(=O)Cc1ccccc1F. The number of rotatable bonds is 8. The molecule has 0 aliphatic rings. The van der Waals surface area contributed by atoms with E-state index in [1.54, 1.807) is 23.1 Å². The lowest BCUT2D eigenvalue weighted by Crippen LogP contribution is -2.54. The number of nitrogens with one attached hydrogen (secondary N) is 1. The first kappa shape index (κ1) is 25.6. The van der Waals surface area contributed by atoms with E-state index >= 15 is 0 Å². The fourth-order valence-electron chi connectivity index (χ4n) is 3.70. The first-order valence-electron chi connectivity index (χ1n) is 11.3. The number of amides is 2. The molecule has 0 bridgehead atoms. The van der Waals surface area contributed by atoms with E-state index in [4.69, 9.17) is 0 Å². The Balaban J connectivity index is 1.99. The van der Waals surface area contributed by atoms with Crippen LogP contribution in [0, 0.1) is 5.82 Å². The van der Waals surface area contributed by atoms with Crippen LogP contribution in [0.2, 0.25) is 0 Å². The maximum Gasteiger partial charge on any atom is 0.243 e. The first-order chi connectivity index (χ1) is 16.1. The topological polar surface area (TPSA) is 49.4 Å². The summed E-state index contributed by atoms with van der Waals surface area (Å²) in [5, 5.41) is 3.03. The molecule has 3 rings (SSSR count). The Morgan fingerprint density at radius 1 is 0.912 bits per heavy atom. The smallest absolute Gasteiger partial charge is 0.243 e. The Bertz CT molecular complexity index is 1110. The molecule has 0 heterocycles. The second-order valence-electron chi connectivity index (χ2n) is 9.36. The van der Waals surface area contributed by atoms with Crippen LogP contribution in [0.1, 0.15) is 37.5 Å². The highest BCUT2D eigenvalue weighted by Gasteiger charge is 2.32. The number of benzene rings is 3. The molecule has 0 fully saturated rings. The maximum absolute atomic E-state index is 14.4. The van der Waals surface area contributed by atoms with Crippen molar-refractivity contribution in [3.63, 3.8) is 0 Å². The van der Waals surface area contributed by atoms with E-state index in [1.807, 2.05) is 75.4 Å². The Morgan fingerprint density at radius 2 is 1.53 bits per heavy atom. The van der Waals surface area contributed by atoms with Crippen molar-refractivity contribution in [2.45, 2.75) is 51.7 Å². The van der Waals surface area contributed by atoms with Gasteiger partial charge in [-0.05, 0) is 55.7 Å². The van der Waals surface area contributed by atoms with Crippen LogP contribution in [0.5, 0.6) is 0 Å². The monoisotopic (exact) mass is 524 g/mol. The first-order valence-corrected chi connectivity index (χ1v) is 12.0. The highest BCUT2D eigenvalue weighted by Crippen LogP contribution is 2.19. The van der Waals surface area contributed by atoms with Crippen molar-refractivity contribution < 1.29 is 14.0 Å². The number of carbonyl (C=O) groups is 2. The number of nitrogens with zero attached hydrogens (tertiary/aromatic N) is 1. The summed E-state index contributed by atoms with van der Waals surface area (Å²) >= 11 is 3.44. The lowest BCUT2D eigenvalue weighted by molar-refractivity contribution is -0.141. The van der Waals surface area contributed by atoms with Crippen LogP contribution in [0.4, 0.5) is 4.39 Å². The summed E-state index contributed by atoms with van der Waals surface area (Å²) in [7, 11) is 0. The predicted molar refractivity (Wildman–Crippen MR) is 137 cm³/mol. The lowest BCUT2D eigenvalue weighted by Gasteiger charge is -2.34. The van der Waals surface area contributed by atoms with Crippen LogP contribution in [0.25, 0.3) is 0 Å². The third-order valence-corrected chi connectivity index (χ3v) is 5.86. The molecular weight excluding hydrogens is 495 g/mol. The van der Waals surface area contributed by atoms with Crippen molar-refractivity contribution in [3.8, 4) is 0 Å². The summed E-state index contributed by atoms with van der Waals surface area (Å²) in [6.07, 6.45) is 0.222. The van der Waals surface area contributed by atoms with E-state index in [2.05, 4.69) is 21.2 Å². The van der Waals surface area contributed by atoms with Crippen molar-refractivity contribution in [1.29, 1.82) is 0 Å². The second kappa shape index (κ2) is 11.4. The Morgan fingerprint density at radius 3 is 2.15 bits per heavy atom. The zero-order valence-corrected chi connectivity index (χ0v) is 21.3. The Hall–Kier alpha value is -2.99. The minimum Gasteiger partial charge on any atom is -0.350 e. The molecule has 0 unspecified atom stereocenters. The number of hydrogen-bond donors (Lipinski definition) is 1. The van der Waals surface area contributed by atoms with Gasteiger partial charge in [0.05, 0.1) is 6.42 Å². The molecule has 0 saturated carbocycles. The van der Waals surface area contributed by atoms with E-state index in [-0.39, 0.29) is 24.8 Å². The van der Waals surface area contributed by atoms with E-state index in [0.29, 0.717) is 12.0 Å². The average Bonchev–Trinajstić information content (AvgIpc) is 2.78. The zero-order valence-electron chi connectivity index (χ0n) is 19.7. The third-order valence-electron chi connectivity index (χ3n) is 5.33. The van der Waals surface area contributed by atoms with Gasteiger partial charge in [-0.3, -0.25) is 9.59 Å². The fraction of sp³-hybridized carbons (Fsp3) is 0.286. The van der Waals surface area contributed by atoms with Crippen molar-refractivity contribution in [2.24, 2.45) is 0 Å². The molecule has 1 N–H and O–H groups in total. The summed E-state index contributed by atoms with van der Waals surface area (Å²) in [5.74, 6) is -0.980. The lowest BCUT2D eigenvalue weighted by atomic mass is 9.99. The van der Waals surface area contributed by atoms with Gasteiger partial charge >= 0.3 is 0 Å². The Kier molecular flexibility index (Phi) is 8.61. The van der Waals surface area contributed by atoms with Crippen molar-refractivity contribution in [2.75, 3.05) is 0 Å². The Labute approximate surface area is 209 Å². The fourth-order valence-corrected chi connectivity index (χ4v) is 3.96. The van der Waals surface area contributed by atoms with Crippen LogP contribution < -0.4 is 5.32 Å². The highest BCUT2D eigenvalue weighted by molar-refractivity contribution is 9.10. The molecule has 0 aromatic heterocycles. The van der Waals surface area contributed by atoms with Crippen LogP contribution in [0.15, 0.2) is 83.3 Å². The molecule has 0 aliphatic carbocycles. The summed E-state index contributed by atoms with van der Waals surface area (Å²) in [6, 6.07) is 22.7. The zero-order chi connectivity index (χ0) is 24.7. The minimum atomic E-state index is -0.760. The van der Waals surface area contributed by atoms with E-state index in [9.17, 15) is 14.0 Å². The molecule has 0 spiro atoms. The van der Waals surface area contributed by atoms with E-state index in [0.717, 1.165) is 15.6 Å². The molecule has 0 radical (unpaired) electrons. The van der Waals surface area contributed by atoms with Crippen LogP contribution in [0.3, 0.4) is 0 Å². The number of carbonyl (C=O) groups excluding carboxylic acids is 2. The van der Waals surface area contributed by atoms with Gasteiger partial charge < -0.3 is 10.2 Å². The van der Waals surface area contributed by atoms with Gasteiger partial charge in [-0.15, -0.1) is 0 Å². The second-order valence-corrected chi connectivity index (χ2v) is 10.3. The quantitative estimate of drug-likeness (QED) is 0.411. The average molecular weight is 525 g/mol. The normalized spacial score (nSPS) is 12.1. The van der Waals surface area contributed by atoms with Crippen molar-refractivity contribution >= 4 is 27.7 Å². The predicted octanol–water partition coefficient (Wildman–Crippen LogP) is 5.69. The van der Waals surface area contributed by atoms with Crippen LogP contribution >= 0.6 is 15.9 Å². The van der Waals surface area contributed by atoms with Gasteiger partial charge in [0.2, 0.25) is 11.8 Å². The molecule has 4 nitrogen and oxygen atoms in total. The third kappa shape index (κ3) is 7.52. The van der Waals surface area contributed by atoms with Gasteiger partial charge in [0.25, 0.3) is 0 Å².